The maximum atomic E-state index is 14.5. The van der Waals surface area contributed by atoms with Crippen LogP contribution < -0.4 is 9.64 Å². The van der Waals surface area contributed by atoms with Crippen molar-refractivity contribution in [3.8, 4) is 11.5 Å². The largest absolute Gasteiger partial charge is 0.504 e. The summed E-state index contributed by atoms with van der Waals surface area (Å²) in [5.74, 6) is -5.25. The minimum atomic E-state index is -1.36. The first-order valence-electron chi connectivity index (χ1n) is 15.4. The van der Waals surface area contributed by atoms with Gasteiger partial charge in [-0.2, -0.15) is 0 Å². The Kier molecular flexibility index (Phi) is 6.88. The smallest absolute Gasteiger partial charge is 0.241 e. The van der Waals surface area contributed by atoms with Crippen molar-refractivity contribution in [1.29, 1.82) is 0 Å². The Hall–Kier alpha value is -3.72. The van der Waals surface area contributed by atoms with E-state index in [0.717, 1.165) is 48.6 Å². The number of phenols is 1. The second-order valence-corrected chi connectivity index (χ2v) is 13.4. The number of methoxy groups -OCH3 is 1. The molecule has 5 aliphatic rings. The van der Waals surface area contributed by atoms with Gasteiger partial charge >= 0.3 is 0 Å². The highest BCUT2D eigenvalue weighted by molar-refractivity contribution is 6.31. The maximum absolute atomic E-state index is 14.5. The van der Waals surface area contributed by atoms with Gasteiger partial charge in [-0.05, 0) is 62.8 Å². The molecule has 2 heterocycles. The number of anilines is 1. The summed E-state index contributed by atoms with van der Waals surface area (Å²) in [6.07, 6.45) is 7.12. The highest BCUT2D eigenvalue weighted by Crippen LogP contribution is 2.65. The van der Waals surface area contributed by atoms with Gasteiger partial charge in [-0.25, -0.2) is 9.29 Å². The van der Waals surface area contributed by atoms with Gasteiger partial charge in [-0.15, -0.1) is 0 Å². The zero-order valence-corrected chi connectivity index (χ0v) is 25.4. The van der Waals surface area contributed by atoms with Gasteiger partial charge in [-0.3, -0.25) is 24.1 Å². The molecule has 0 aromatic heterocycles. The number of benzene rings is 2. The fourth-order valence-corrected chi connectivity index (χ4v) is 9.06. The van der Waals surface area contributed by atoms with Crippen LogP contribution in [0.25, 0.3) is 0 Å². The average molecular weight is 621 g/mol. The summed E-state index contributed by atoms with van der Waals surface area (Å²) in [4.78, 5) is 59.3. The fourth-order valence-electron chi connectivity index (χ4n) is 8.89. The van der Waals surface area contributed by atoms with Gasteiger partial charge < -0.3 is 9.84 Å². The molecule has 3 aliphatic carbocycles. The number of fused-ring (bicyclic) bond motifs is 4. The highest BCUT2D eigenvalue weighted by atomic mass is 35.5. The summed E-state index contributed by atoms with van der Waals surface area (Å²) in [7, 11) is 1.43. The number of carbonyl (C=O) groups is 4. The van der Waals surface area contributed by atoms with Gasteiger partial charge in [0.2, 0.25) is 23.6 Å². The lowest BCUT2D eigenvalue weighted by Gasteiger charge is -2.49. The molecule has 8 nitrogen and oxygen atoms in total. The molecule has 2 saturated carbocycles. The van der Waals surface area contributed by atoms with Gasteiger partial charge in [0.1, 0.15) is 5.82 Å². The van der Waals surface area contributed by atoms with Crippen molar-refractivity contribution in [2.45, 2.75) is 63.8 Å². The van der Waals surface area contributed by atoms with E-state index < -0.39 is 52.6 Å². The molecule has 2 saturated heterocycles. The van der Waals surface area contributed by atoms with E-state index in [-0.39, 0.29) is 46.5 Å². The van der Waals surface area contributed by atoms with Crippen molar-refractivity contribution in [3.63, 3.8) is 0 Å². The number of imide groups is 2. The molecule has 6 unspecified atom stereocenters. The molecule has 0 bridgehead atoms. The minimum Gasteiger partial charge on any atom is -0.504 e. The Balaban J connectivity index is 1.37. The molecule has 10 heteroatoms. The molecule has 2 aromatic carbocycles. The summed E-state index contributed by atoms with van der Waals surface area (Å²) >= 11 is 6.07. The third-order valence-electron chi connectivity index (χ3n) is 11.0. The minimum absolute atomic E-state index is 0.113. The van der Waals surface area contributed by atoms with Gasteiger partial charge in [0, 0.05) is 17.5 Å². The van der Waals surface area contributed by atoms with E-state index in [2.05, 4.69) is 0 Å². The van der Waals surface area contributed by atoms with E-state index >= 15 is 0 Å². The number of para-hydroxylation sites is 1. The molecule has 230 valence electrons. The van der Waals surface area contributed by atoms with E-state index in [1.54, 1.807) is 25.1 Å². The van der Waals surface area contributed by atoms with Crippen molar-refractivity contribution in [1.82, 2.24) is 4.90 Å². The number of carbonyl (C=O) groups excluding carboxylic acids is 4. The number of allylic oxidation sites excluding steroid dienone is 2. The number of hydrogen-bond donors (Lipinski definition) is 1. The summed E-state index contributed by atoms with van der Waals surface area (Å²) in [6.45, 7) is 1.73. The molecular formula is C34H34ClFN2O6. The van der Waals surface area contributed by atoms with E-state index in [1.807, 2.05) is 6.08 Å². The van der Waals surface area contributed by atoms with Gasteiger partial charge in [-0.1, -0.05) is 54.6 Å². The Bertz CT molecular complexity index is 1640. The predicted octanol–water partition coefficient (Wildman–Crippen LogP) is 5.76. The number of rotatable bonds is 4. The Morgan fingerprint density at radius 2 is 1.75 bits per heavy atom. The second-order valence-electron chi connectivity index (χ2n) is 13.0. The van der Waals surface area contributed by atoms with E-state index in [1.165, 1.54) is 24.1 Å². The van der Waals surface area contributed by atoms with Crippen LogP contribution in [0.15, 0.2) is 48.0 Å². The van der Waals surface area contributed by atoms with Crippen LogP contribution in [-0.4, -0.2) is 46.8 Å². The molecule has 0 spiro atoms. The lowest BCUT2D eigenvalue weighted by molar-refractivity contribution is -0.144. The zero-order chi connectivity index (χ0) is 31.1. The molecule has 4 fully saturated rings. The topological polar surface area (TPSA) is 104 Å². The van der Waals surface area contributed by atoms with E-state index in [4.69, 9.17) is 16.3 Å². The Labute approximate surface area is 259 Å². The van der Waals surface area contributed by atoms with Crippen LogP contribution in [0.3, 0.4) is 0 Å². The van der Waals surface area contributed by atoms with Crippen LogP contribution in [0.2, 0.25) is 5.02 Å². The number of amides is 4. The number of likely N-dealkylation sites (tertiary alicyclic amines) is 1. The summed E-state index contributed by atoms with van der Waals surface area (Å²) < 4.78 is 19.5. The van der Waals surface area contributed by atoms with Crippen molar-refractivity contribution in [3.05, 3.63) is 64.5 Å². The van der Waals surface area contributed by atoms with Crippen molar-refractivity contribution in [2.24, 2.45) is 29.1 Å². The highest BCUT2D eigenvalue weighted by Gasteiger charge is 2.68. The van der Waals surface area contributed by atoms with E-state index in [0.29, 0.717) is 12.0 Å². The molecule has 1 N–H and O–H groups in total. The molecule has 4 amide bonds. The van der Waals surface area contributed by atoms with Crippen molar-refractivity contribution in [2.75, 3.05) is 12.0 Å². The molecule has 7 rings (SSSR count). The lowest BCUT2D eigenvalue weighted by Crippen LogP contribution is -2.49. The van der Waals surface area contributed by atoms with E-state index in [9.17, 15) is 28.7 Å². The normalized spacial score (nSPS) is 32.0. The van der Waals surface area contributed by atoms with Gasteiger partial charge in [0.15, 0.2) is 11.5 Å². The van der Waals surface area contributed by atoms with Crippen LogP contribution in [-0.2, 0) is 19.2 Å². The van der Waals surface area contributed by atoms with Crippen LogP contribution in [0.4, 0.5) is 10.1 Å². The van der Waals surface area contributed by atoms with Crippen LogP contribution in [0, 0.1) is 34.9 Å². The quantitative estimate of drug-likeness (QED) is 0.345. The third-order valence-corrected chi connectivity index (χ3v) is 11.3. The monoisotopic (exact) mass is 620 g/mol. The lowest BCUT2D eigenvalue weighted by atomic mass is 9.51. The van der Waals surface area contributed by atoms with Crippen molar-refractivity contribution < 1.29 is 33.4 Å². The number of nitrogens with zero attached hydrogens (tertiary/aromatic N) is 2. The molecular weight excluding hydrogens is 587 g/mol. The zero-order valence-electron chi connectivity index (χ0n) is 24.6. The first-order valence-corrected chi connectivity index (χ1v) is 15.7. The maximum Gasteiger partial charge on any atom is 0.241 e. The number of halogens is 2. The summed E-state index contributed by atoms with van der Waals surface area (Å²) in [6, 6.07) is 8.65. The molecule has 2 aromatic rings. The molecule has 2 aliphatic heterocycles. The average Bonchev–Trinajstić information content (AvgIpc) is 3.39. The second kappa shape index (κ2) is 10.4. The van der Waals surface area contributed by atoms with Crippen LogP contribution in [0.1, 0.15) is 63.4 Å². The summed E-state index contributed by atoms with van der Waals surface area (Å²) in [5.41, 5.74) is -0.0141. The molecule has 0 radical (unpaired) electrons. The molecule has 44 heavy (non-hydrogen) atoms. The first kappa shape index (κ1) is 29.0. The number of aromatic hydroxyl groups is 1. The molecule has 6 atom stereocenters. The van der Waals surface area contributed by atoms with Gasteiger partial charge in [0.05, 0.1) is 41.0 Å². The first-order chi connectivity index (χ1) is 21.1. The number of ether oxygens (including phenoxy) is 1. The summed E-state index contributed by atoms with van der Waals surface area (Å²) in [5, 5.41) is 11.2. The number of hydrogen-bond acceptors (Lipinski definition) is 6. The fraction of sp³-hybridized carbons (Fsp3) is 0.471. The Morgan fingerprint density at radius 3 is 2.45 bits per heavy atom. The van der Waals surface area contributed by atoms with Crippen LogP contribution in [0.5, 0.6) is 11.5 Å². The SMILES string of the molecule is COc1cccc(C2C3=CCC4C(=O)N(C5CCCCC5)C(=O)C4C3CC3C(=O)N(c4ccc(F)c(Cl)c4)C(=O)C32C)c1O. The predicted molar refractivity (Wildman–Crippen MR) is 159 cm³/mol. The van der Waals surface area contributed by atoms with Gasteiger partial charge in [0.25, 0.3) is 0 Å². The van der Waals surface area contributed by atoms with Crippen LogP contribution >= 0.6 is 11.6 Å². The number of phenolic OH excluding ortho intramolecular Hbond substituents is 1. The standard InChI is InChI=1S/C34H34ClFN2O6/c1-34-23(31(41)38(33(34)43)18-11-14-25(36)24(35)15-18)16-22-19(28(34)21-9-6-10-26(44-2)29(21)39)12-13-20-27(22)32(42)37(30(20)40)17-7-4-3-5-8-17/h6,9-12,14-15,17,20,22-23,27-28,39H,3-5,7-8,13,16H2,1-2H3. The third kappa shape index (κ3) is 3.93. The Morgan fingerprint density at radius 1 is 1.00 bits per heavy atom. The van der Waals surface area contributed by atoms with Crippen molar-refractivity contribution >= 4 is 40.9 Å².